The molecule has 0 N–H and O–H groups in total. The van der Waals surface area contributed by atoms with E-state index in [0.717, 1.165) is 0 Å². The lowest BCUT2D eigenvalue weighted by Gasteiger charge is -2.41. The number of carbonyl (C=O) groups is 2. The molecule has 4 atom stereocenters. The van der Waals surface area contributed by atoms with Crippen LogP contribution in [0.25, 0.3) is 0 Å². The Morgan fingerprint density at radius 1 is 1.29 bits per heavy atom. The van der Waals surface area contributed by atoms with Gasteiger partial charge in [-0.05, 0) is 0 Å². The lowest BCUT2D eigenvalue weighted by atomic mass is 9.83. The van der Waals surface area contributed by atoms with Gasteiger partial charge in [-0.25, -0.2) is 0 Å². The van der Waals surface area contributed by atoms with Crippen molar-refractivity contribution < 1.29 is 14.3 Å². The van der Waals surface area contributed by atoms with E-state index in [2.05, 4.69) is 17.1 Å². The highest BCUT2D eigenvalue weighted by molar-refractivity contribution is 5.86. The van der Waals surface area contributed by atoms with E-state index in [1.807, 2.05) is 13.8 Å². The minimum absolute atomic E-state index is 0.0392. The number of hydrogen-bond acceptors (Lipinski definition) is 4. The zero-order valence-electron chi connectivity index (χ0n) is 10.6. The molecule has 2 rings (SSSR count). The summed E-state index contributed by atoms with van der Waals surface area (Å²) in [6, 6.07) is 0.360. The van der Waals surface area contributed by atoms with Crippen LogP contribution in [0.5, 0.6) is 0 Å². The van der Waals surface area contributed by atoms with Crippen molar-refractivity contribution in [2.24, 2.45) is 11.8 Å². The van der Waals surface area contributed by atoms with Gasteiger partial charge < -0.3 is 4.74 Å². The van der Waals surface area contributed by atoms with E-state index >= 15 is 0 Å². The molecule has 0 aromatic carbocycles. The molecular weight excluding hydrogens is 218 g/mol. The van der Waals surface area contributed by atoms with E-state index in [9.17, 15) is 9.59 Å². The van der Waals surface area contributed by atoms with Gasteiger partial charge in [-0.15, -0.1) is 0 Å². The molecule has 1 fully saturated rings. The first kappa shape index (κ1) is 12.3. The average Bonchev–Trinajstić information content (AvgIpc) is 2.64. The topological polar surface area (TPSA) is 46.6 Å². The van der Waals surface area contributed by atoms with E-state index in [4.69, 9.17) is 4.74 Å². The lowest BCUT2D eigenvalue weighted by molar-refractivity contribution is -0.143. The van der Waals surface area contributed by atoms with Crippen molar-refractivity contribution in [3.8, 4) is 0 Å². The van der Waals surface area contributed by atoms with Gasteiger partial charge in [-0.3, -0.25) is 14.5 Å². The highest BCUT2D eigenvalue weighted by Gasteiger charge is 2.45. The van der Waals surface area contributed by atoms with E-state index in [1.165, 1.54) is 6.92 Å². The zero-order chi connectivity index (χ0) is 12.6. The van der Waals surface area contributed by atoms with Gasteiger partial charge in [0.25, 0.3) is 0 Å². The number of ether oxygens (including phenoxy) is 1. The molecule has 2 aliphatic rings. The van der Waals surface area contributed by atoms with Crippen LogP contribution in [0.1, 0.15) is 20.8 Å². The van der Waals surface area contributed by atoms with Crippen molar-refractivity contribution >= 4 is 11.8 Å². The number of rotatable bonds is 3. The fourth-order valence-electron chi connectivity index (χ4n) is 2.90. The van der Waals surface area contributed by atoms with E-state index in [-0.39, 0.29) is 29.9 Å². The van der Waals surface area contributed by atoms with E-state index < -0.39 is 0 Å². The highest BCUT2D eigenvalue weighted by atomic mass is 16.5. The van der Waals surface area contributed by atoms with Crippen LogP contribution in [0.15, 0.2) is 12.2 Å². The minimum atomic E-state index is -0.250. The number of fused-ring (bicyclic) bond motifs is 2. The molecule has 0 aromatic heterocycles. The predicted octanol–water partition coefficient (Wildman–Crippen LogP) is 1.01. The fourth-order valence-corrected chi connectivity index (χ4v) is 2.90. The first-order valence-electron chi connectivity index (χ1n) is 6.13. The molecule has 0 aliphatic carbocycles. The first-order chi connectivity index (χ1) is 8.02. The number of nitrogens with zero attached hydrogens (tertiary/aromatic N) is 1. The van der Waals surface area contributed by atoms with Gasteiger partial charge in [0.2, 0.25) is 0 Å². The van der Waals surface area contributed by atoms with Gasteiger partial charge in [-0.2, -0.15) is 0 Å². The van der Waals surface area contributed by atoms with Gasteiger partial charge >= 0.3 is 5.97 Å². The van der Waals surface area contributed by atoms with Crippen molar-refractivity contribution in [3.05, 3.63) is 12.2 Å². The van der Waals surface area contributed by atoms with Crippen LogP contribution in [-0.4, -0.2) is 41.9 Å². The molecule has 0 unspecified atom stereocenters. The second-order valence-corrected chi connectivity index (χ2v) is 4.92. The van der Waals surface area contributed by atoms with Crippen LogP contribution in [0.2, 0.25) is 0 Å². The molecule has 2 bridgehead atoms. The van der Waals surface area contributed by atoms with E-state index in [0.29, 0.717) is 18.9 Å². The number of piperidine rings is 1. The Morgan fingerprint density at radius 2 is 1.82 bits per heavy atom. The SMILES string of the molecule is CC(=O)OCCN1[C@@H]2C=C[C@H]1[C@H](C)C(=O)[C@H]2C. The Kier molecular flexibility index (Phi) is 3.33. The minimum Gasteiger partial charge on any atom is -0.465 e. The van der Waals surface area contributed by atoms with Crippen molar-refractivity contribution in [2.45, 2.75) is 32.9 Å². The molecule has 1 saturated heterocycles. The molecule has 4 heteroatoms. The van der Waals surface area contributed by atoms with E-state index in [1.54, 1.807) is 0 Å². The molecule has 0 aromatic rings. The summed E-state index contributed by atoms with van der Waals surface area (Å²) < 4.78 is 4.97. The van der Waals surface area contributed by atoms with Gasteiger partial charge in [-0.1, -0.05) is 26.0 Å². The molecule has 0 amide bonds. The summed E-state index contributed by atoms with van der Waals surface area (Å²) in [6.45, 7) is 6.47. The third-order valence-corrected chi connectivity index (χ3v) is 3.85. The maximum absolute atomic E-state index is 12.0. The second-order valence-electron chi connectivity index (χ2n) is 4.92. The summed E-state index contributed by atoms with van der Waals surface area (Å²) in [5.74, 6) is 0.169. The number of Topliss-reactive ketones (excluding diaryl/α,β-unsaturated/α-hetero) is 1. The number of carbonyl (C=O) groups excluding carboxylic acids is 2. The quantitative estimate of drug-likeness (QED) is 0.543. The summed E-state index contributed by atoms with van der Waals surface area (Å²) in [4.78, 5) is 25.0. The first-order valence-corrected chi connectivity index (χ1v) is 6.13. The summed E-state index contributed by atoms with van der Waals surface area (Å²) in [7, 11) is 0. The smallest absolute Gasteiger partial charge is 0.302 e. The van der Waals surface area contributed by atoms with Crippen molar-refractivity contribution in [3.63, 3.8) is 0 Å². The van der Waals surface area contributed by atoms with Crippen LogP contribution < -0.4 is 0 Å². The molecule has 0 radical (unpaired) electrons. The highest BCUT2D eigenvalue weighted by Crippen LogP contribution is 2.35. The molecule has 2 heterocycles. The Bertz CT molecular complexity index is 342. The van der Waals surface area contributed by atoms with Crippen LogP contribution in [0, 0.1) is 11.8 Å². The third-order valence-electron chi connectivity index (χ3n) is 3.85. The third kappa shape index (κ3) is 2.14. The van der Waals surface area contributed by atoms with Crippen molar-refractivity contribution in [1.82, 2.24) is 4.90 Å². The zero-order valence-corrected chi connectivity index (χ0v) is 10.6. The standard InChI is InChI=1S/C13H19NO3/c1-8-11-4-5-12(9(2)13(8)16)14(11)6-7-17-10(3)15/h4-5,8-9,11-12H,6-7H2,1-3H3/t8-,9-,11-,12+/m0/s1. The number of hydrogen-bond donors (Lipinski definition) is 0. The normalized spacial score (nSPS) is 36.3. The average molecular weight is 237 g/mol. The van der Waals surface area contributed by atoms with Crippen molar-refractivity contribution in [2.75, 3.05) is 13.2 Å². The monoisotopic (exact) mass is 237 g/mol. The second kappa shape index (κ2) is 4.61. The molecule has 0 spiro atoms. The van der Waals surface area contributed by atoms with Crippen LogP contribution in [0.4, 0.5) is 0 Å². The molecule has 0 saturated carbocycles. The number of ketones is 1. The largest absolute Gasteiger partial charge is 0.465 e. The predicted molar refractivity (Wildman–Crippen MR) is 63.4 cm³/mol. The summed E-state index contributed by atoms with van der Waals surface area (Å²) in [6.07, 6.45) is 4.23. The maximum atomic E-state index is 12.0. The molecule has 4 nitrogen and oxygen atoms in total. The maximum Gasteiger partial charge on any atom is 0.302 e. The van der Waals surface area contributed by atoms with Crippen LogP contribution >= 0.6 is 0 Å². The van der Waals surface area contributed by atoms with Gasteiger partial charge in [0, 0.05) is 37.4 Å². The molecule has 2 aliphatic heterocycles. The number of esters is 1. The Labute approximate surface area is 102 Å². The molecular formula is C13H19NO3. The molecule has 17 heavy (non-hydrogen) atoms. The van der Waals surface area contributed by atoms with Crippen molar-refractivity contribution in [1.29, 1.82) is 0 Å². The fraction of sp³-hybridized carbons (Fsp3) is 0.692. The lowest BCUT2D eigenvalue weighted by Crippen LogP contribution is -2.54. The van der Waals surface area contributed by atoms with Gasteiger partial charge in [0.05, 0.1) is 0 Å². The summed E-state index contributed by atoms with van der Waals surface area (Å²) in [5.41, 5.74) is 0. The Morgan fingerprint density at radius 3 is 2.29 bits per heavy atom. The Hall–Kier alpha value is -1.16. The van der Waals surface area contributed by atoms with Gasteiger partial charge in [0.15, 0.2) is 0 Å². The van der Waals surface area contributed by atoms with Crippen LogP contribution in [-0.2, 0) is 14.3 Å². The molecule has 94 valence electrons. The summed E-state index contributed by atoms with van der Waals surface area (Å²) >= 11 is 0. The van der Waals surface area contributed by atoms with Crippen LogP contribution in [0.3, 0.4) is 0 Å². The summed E-state index contributed by atoms with van der Waals surface area (Å²) in [5, 5.41) is 0. The van der Waals surface area contributed by atoms with Gasteiger partial charge in [0.1, 0.15) is 12.4 Å². The Balaban J connectivity index is 2.01.